The number of rotatable bonds is 4. The Labute approximate surface area is 219 Å². The molecule has 0 spiro atoms. The van der Waals surface area contributed by atoms with E-state index in [2.05, 4.69) is 0 Å². The van der Waals surface area contributed by atoms with Crippen molar-refractivity contribution in [3.05, 3.63) is 59.9 Å². The van der Waals surface area contributed by atoms with Gasteiger partial charge < -0.3 is 24.7 Å². The second-order valence-electron chi connectivity index (χ2n) is 9.24. The van der Waals surface area contributed by atoms with Crippen molar-refractivity contribution in [2.75, 3.05) is 13.1 Å². The summed E-state index contributed by atoms with van der Waals surface area (Å²) in [6.45, 7) is 2.75. The van der Waals surface area contributed by atoms with Gasteiger partial charge in [-0.1, -0.05) is 18.2 Å². The van der Waals surface area contributed by atoms with E-state index in [1.807, 2.05) is 47.9 Å². The molecule has 1 aromatic carbocycles. The molecule has 8 nitrogen and oxygen atoms in total. The third kappa shape index (κ3) is 6.03. The summed E-state index contributed by atoms with van der Waals surface area (Å²) >= 11 is 0. The topological polar surface area (TPSA) is 106 Å². The molecule has 3 N–H and O–H groups in total. The van der Waals surface area contributed by atoms with Crippen LogP contribution in [-0.4, -0.2) is 67.6 Å². The van der Waals surface area contributed by atoms with Gasteiger partial charge in [-0.15, -0.1) is 0 Å². The number of nitrogens with zero attached hydrogens (tertiary/aromatic N) is 4. The number of benzene rings is 1. The summed E-state index contributed by atoms with van der Waals surface area (Å²) in [5.41, 5.74) is 10.0. The molecule has 208 valence electrons. The minimum Gasteiger partial charge on any atom is -0.475 e. The van der Waals surface area contributed by atoms with E-state index in [0.29, 0.717) is 35.7 Å². The lowest BCUT2D eigenvalue weighted by Gasteiger charge is -2.30. The Hall–Kier alpha value is -4.00. The standard InChI is InChI=1S/C24H25F2N5O.C2HF3O2/c1-15-23(20-11-16-5-2-3-7-19(16)31(20)14-21(25)26)28-22-12-17(8-10-30(15)22)24(32)29-9-4-6-18(27)13-29;3-2(4,5)1(6)7/h2-3,5,7-8,10-12,18,21H,4,6,9,13-14,27H2,1H3;(H,6,7)/t18-;/m1./s1. The van der Waals surface area contributed by atoms with Crippen molar-refractivity contribution in [2.24, 2.45) is 5.73 Å². The van der Waals surface area contributed by atoms with Crippen LogP contribution < -0.4 is 5.73 Å². The lowest BCUT2D eigenvalue weighted by Crippen LogP contribution is -2.45. The summed E-state index contributed by atoms with van der Waals surface area (Å²) in [5.74, 6) is -2.82. The van der Waals surface area contributed by atoms with Gasteiger partial charge in [-0.3, -0.25) is 4.79 Å². The highest BCUT2D eigenvalue weighted by molar-refractivity contribution is 5.95. The molecule has 13 heteroatoms. The van der Waals surface area contributed by atoms with E-state index in [-0.39, 0.29) is 11.9 Å². The highest BCUT2D eigenvalue weighted by atomic mass is 19.4. The Balaban J connectivity index is 0.000000448. The summed E-state index contributed by atoms with van der Waals surface area (Å²) in [6.07, 6.45) is -3.92. The predicted octanol–water partition coefficient (Wildman–Crippen LogP) is 4.73. The van der Waals surface area contributed by atoms with E-state index < -0.39 is 25.1 Å². The normalized spacial score (nSPS) is 16.0. The van der Waals surface area contributed by atoms with E-state index >= 15 is 0 Å². The number of carbonyl (C=O) groups excluding carboxylic acids is 1. The molecule has 0 bridgehead atoms. The number of aromatic nitrogens is 3. The SMILES string of the molecule is Cc1c(-c2cc3ccccc3n2CC(F)F)nc2cc(C(=O)N3CCC[C@@H](N)C3)ccn12.O=C(O)C(F)(F)F. The fourth-order valence-corrected chi connectivity index (χ4v) is 4.66. The molecule has 1 fully saturated rings. The van der Waals surface area contributed by atoms with E-state index in [0.717, 1.165) is 29.4 Å². The number of piperidine rings is 1. The van der Waals surface area contributed by atoms with Crippen LogP contribution in [0, 0.1) is 6.92 Å². The Morgan fingerprint density at radius 1 is 1.18 bits per heavy atom. The molecule has 4 heterocycles. The Kier molecular flexibility index (Phi) is 7.91. The number of hydrogen-bond donors (Lipinski definition) is 2. The molecular formula is C26H26F5N5O3. The lowest BCUT2D eigenvalue weighted by molar-refractivity contribution is -0.192. The average Bonchev–Trinajstić information content (AvgIpc) is 3.40. The van der Waals surface area contributed by atoms with Crippen LogP contribution in [0.4, 0.5) is 22.0 Å². The van der Waals surface area contributed by atoms with Gasteiger partial charge in [0.05, 0.1) is 12.2 Å². The van der Waals surface area contributed by atoms with Crippen LogP contribution in [0.3, 0.4) is 0 Å². The number of para-hydroxylation sites is 1. The number of carbonyl (C=O) groups is 2. The van der Waals surface area contributed by atoms with Gasteiger partial charge in [0.25, 0.3) is 12.3 Å². The Morgan fingerprint density at radius 3 is 2.51 bits per heavy atom. The molecule has 39 heavy (non-hydrogen) atoms. The second kappa shape index (κ2) is 11.0. The van der Waals surface area contributed by atoms with Crippen molar-refractivity contribution in [1.29, 1.82) is 0 Å². The molecule has 0 aliphatic carbocycles. The molecule has 1 saturated heterocycles. The maximum absolute atomic E-state index is 13.4. The van der Waals surface area contributed by atoms with Crippen LogP contribution in [0.15, 0.2) is 48.7 Å². The van der Waals surface area contributed by atoms with E-state index in [9.17, 15) is 26.7 Å². The summed E-state index contributed by atoms with van der Waals surface area (Å²) in [4.78, 5) is 28.4. The molecular weight excluding hydrogens is 525 g/mol. The Bertz CT molecular complexity index is 1510. The number of nitrogens with two attached hydrogens (primary N) is 1. The van der Waals surface area contributed by atoms with Gasteiger partial charge in [0.15, 0.2) is 0 Å². The maximum atomic E-state index is 13.4. The number of halogens is 5. The van der Waals surface area contributed by atoms with Gasteiger partial charge in [0.2, 0.25) is 0 Å². The zero-order valence-corrected chi connectivity index (χ0v) is 20.8. The van der Waals surface area contributed by atoms with Crippen LogP contribution in [0.2, 0.25) is 0 Å². The monoisotopic (exact) mass is 551 g/mol. The van der Waals surface area contributed by atoms with Crippen molar-refractivity contribution in [1.82, 2.24) is 18.9 Å². The van der Waals surface area contributed by atoms with Crippen LogP contribution in [-0.2, 0) is 11.3 Å². The van der Waals surface area contributed by atoms with E-state index in [1.54, 1.807) is 21.6 Å². The lowest BCUT2D eigenvalue weighted by atomic mass is 10.1. The first-order valence-corrected chi connectivity index (χ1v) is 12.1. The average molecular weight is 552 g/mol. The largest absolute Gasteiger partial charge is 0.490 e. The highest BCUT2D eigenvalue weighted by Gasteiger charge is 2.38. The van der Waals surface area contributed by atoms with Gasteiger partial charge in [0, 0.05) is 47.5 Å². The van der Waals surface area contributed by atoms with Gasteiger partial charge in [-0.05, 0) is 44.0 Å². The first kappa shape index (κ1) is 28.0. The van der Waals surface area contributed by atoms with Crippen LogP contribution >= 0.6 is 0 Å². The number of fused-ring (bicyclic) bond motifs is 2. The molecule has 1 amide bonds. The number of likely N-dealkylation sites (tertiary alicyclic amines) is 1. The minimum atomic E-state index is -5.08. The van der Waals surface area contributed by atoms with E-state index in [1.165, 1.54) is 0 Å². The summed E-state index contributed by atoms with van der Waals surface area (Å²) in [6, 6.07) is 12.9. The third-order valence-corrected chi connectivity index (χ3v) is 6.47. The quantitative estimate of drug-likeness (QED) is 0.357. The number of pyridine rings is 1. The van der Waals surface area contributed by atoms with Crippen molar-refractivity contribution in [3.63, 3.8) is 0 Å². The molecule has 1 aliphatic heterocycles. The number of aliphatic carboxylic acids is 1. The van der Waals surface area contributed by atoms with Gasteiger partial charge in [-0.25, -0.2) is 18.6 Å². The van der Waals surface area contributed by atoms with Gasteiger partial charge in [0.1, 0.15) is 11.3 Å². The molecule has 4 aromatic rings. The predicted molar refractivity (Wildman–Crippen MR) is 134 cm³/mol. The molecule has 1 atom stereocenters. The molecule has 0 saturated carbocycles. The maximum Gasteiger partial charge on any atom is 0.490 e. The number of aryl methyl sites for hydroxylation is 1. The summed E-state index contributed by atoms with van der Waals surface area (Å²) < 4.78 is 62.0. The molecule has 1 aliphatic rings. The van der Waals surface area contributed by atoms with Crippen molar-refractivity contribution in [2.45, 2.75) is 45.0 Å². The van der Waals surface area contributed by atoms with Gasteiger partial charge >= 0.3 is 12.1 Å². The first-order chi connectivity index (χ1) is 18.4. The molecule has 0 radical (unpaired) electrons. The van der Waals surface area contributed by atoms with E-state index in [4.69, 9.17) is 20.6 Å². The van der Waals surface area contributed by atoms with Crippen LogP contribution in [0.25, 0.3) is 27.9 Å². The number of hydrogen-bond acceptors (Lipinski definition) is 4. The molecule has 5 rings (SSSR count). The second-order valence-corrected chi connectivity index (χ2v) is 9.24. The fourth-order valence-electron chi connectivity index (χ4n) is 4.66. The zero-order valence-electron chi connectivity index (χ0n) is 20.8. The minimum absolute atomic E-state index is 0.00783. The summed E-state index contributed by atoms with van der Waals surface area (Å²) in [5, 5.41) is 8.01. The number of carboxylic acid groups (broad SMARTS) is 1. The number of imidazole rings is 1. The van der Waals surface area contributed by atoms with Gasteiger partial charge in [-0.2, -0.15) is 13.2 Å². The van der Waals surface area contributed by atoms with Crippen molar-refractivity contribution < 1.29 is 36.6 Å². The van der Waals surface area contributed by atoms with Crippen molar-refractivity contribution >= 4 is 28.4 Å². The van der Waals surface area contributed by atoms with Crippen molar-refractivity contribution in [3.8, 4) is 11.4 Å². The van der Waals surface area contributed by atoms with Crippen LogP contribution in [0.1, 0.15) is 28.9 Å². The number of amides is 1. The van der Waals surface area contributed by atoms with Crippen LogP contribution in [0.5, 0.6) is 0 Å². The first-order valence-electron chi connectivity index (χ1n) is 12.1. The fraction of sp³-hybridized carbons (Fsp3) is 0.346. The summed E-state index contributed by atoms with van der Waals surface area (Å²) in [7, 11) is 0. The number of alkyl halides is 5. The zero-order chi connectivity index (χ0) is 28.5. The molecule has 0 unspecified atom stereocenters. The molecule has 3 aromatic heterocycles. The third-order valence-electron chi connectivity index (χ3n) is 6.47. The smallest absolute Gasteiger partial charge is 0.475 e. The highest BCUT2D eigenvalue weighted by Crippen LogP contribution is 2.31. The Morgan fingerprint density at radius 2 is 1.87 bits per heavy atom. The number of carboxylic acids is 1.